The van der Waals surface area contributed by atoms with Crippen LogP contribution in [0.2, 0.25) is 0 Å². The number of carbonyl (C=O) groups is 1. The Balaban J connectivity index is 1.68. The summed E-state index contributed by atoms with van der Waals surface area (Å²) >= 11 is 6.21. The first-order valence-electron chi connectivity index (χ1n) is 8.23. The van der Waals surface area contributed by atoms with Crippen molar-refractivity contribution in [1.82, 2.24) is 5.01 Å². The van der Waals surface area contributed by atoms with E-state index in [1.54, 1.807) is 6.08 Å². The number of hydrogen-bond acceptors (Lipinski definition) is 6. The predicted octanol–water partition coefficient (Wildman–Crippen LogP) is 5.12. The fraction of sp³-hybridized carbons (Fsp3) is 0.105. The average molecular weight is 456 g/mol. The Morgan fingerprint density at radius 3 is 1.90 bits per heavy atom. The van der Waals surface area contributed by atoms with Crippen LogP contribution in [0.5, 0.6) is 11.5 Å². The molecule has 11 heteroatoms. The van der Waals surface area contributed by atoms with E-state index in [2.05, 4.69) is 14.6 Å². The molecule has 156 valence electrons. The average Bonchev–Trinajstić information content (AvgIpc) is 2.95. The zero-order valence-electron chi connectivity index (χ0n) is 14.9. The Bertz CT molecular complexity index is 980. The molecule has 1 aliphatic heterocycles. The summed E-state index contributed by atoms with van der Waals surface area (Å²) < 4.78 is 57.5. The Hall–Kier alpha value is -2.92. The fourth-order valence-electron chi connectivity index (χ4n) is 2.32. The van der Waals surface area contributed by atoms with Gasteiger partial charge in [-0.15, -0.1) is 0 Å². The van der Waals surface area contributed by atoms with Crippen molar-refractivity contribution in [2.75, 3.05) is 0 Å². The molecule has 0 N–H and O–H groups in total. The van der Waals surface area contributed by atoms with Crippen LogP contribution >= 0.6 is 24.0 Å². The molecule has 2 aromatic carbocycles. The highest BCUT2D eigenvalue weighted by atomic mass is 32.2. The van der Waals surface area contributed by atoms with E-state index in [1.807, 2.05) is 0 Å². The molecule has 0 aromatic heterocycles. The van der Waals surface area contributed by atoms with Gasteiger partial charge in [-0.3, -0.25) is 4.79 Å². The van der Waals surface area contributed by atoms with E-state index in [0.29, 0.717) is 16.0 Å². The Labute approximate surface area is 178 Å². The molecule has 1 saturated heterocycles. The molecule has 0 radical (unpaired) electrons. The number of amides is 1. The lowest BCUT2D eigenvalue weighted by molar-refractivity contribution is -0.122. The van der Waals surface area contributed by atoms with Crippen molar-refractivity contribution in [1.29, 1.82) is 0 Å². The van der Waals surface area contributed by atoms with Crippen molar-refractivity contribution in [2.24, 2.45) is 5.10 Å². The first-order chi connectivity index (χ1) is 14.3. The third kappa shape index (κ3) is 5.80. The normalized spacial score (nSPS) is 15.8. The molecule has 0 spiro atoms. The Kier molecular flexibility index (Phi) is 7.06. The van der Waals surface area contributed by atoms with Crippen molar-refractivity contribution in [2.45, 2.75) is 13.2 Å². The number of thiocarbonyl (C=S) groups is 1. The number of hydrazone groups is 1. The molecule has 2 aromatic rings. The van der Waals surface area contributed by atoms with E-state index in [9.17, 15) is 22.4 Å². The summed E-state index contributed by atoms with van der Waals surface area (Å²) in [5.41, 5.74) is 1.14. The van der Waals surface area contributed by atoms with Crippen LogP contribution in [-0.4, -0.2) is 34.7 Å². The lowest BCUT2D eigenvalue weighted by Gasteiger charge is -2.07. The predicted molar refractivity (Wildman–Crippen MR) is 109 cm³/mol. The van der Waals surface area contributed by atoms with E-state index < -0.39 is 19.1 Å². The SMILES string of the molecule is O=C1C(=Cc2ccc(OC(F)F)cc2)SC(=S)N1N=Cc1ccc(OC(F)F)cc1. The van der Waals surface area contributed by atoms with Crippen molar-refractivity contribution < 1.29 is 31.8 Å². The molecular weight excluding hydrogens is 444 g/mol. The van der Waals surface area contributed by atoms with Gasteiger partial charge in [0.05, 0.1) is 11.1 Å². The van der Waals surface area contributed by atoms with E-state index in [0.717, 1.165) is 16.8 Å². The van der Waals surface area contributed by atoms with Crippen LogP contribution in [0, 0.1) is 0 Å². The van der Waals surface area contributed by atoms with Crippen molar-refractivity contribution >= 4 is 46.5 Å². The third-order valence-corrected chi connectivity index (χ3v) is 4.89. The molecule has 1 heterocycles. The van der Waals surface area contributed by atoms with Gasteiger partial charge in [-0.1, -0.05) is 23.9 Å². The van der Waals surface area contributed by atoms with Crippen LogP contribution in [-0.2, 0) is 4.79 Å². The molecule has 1 fully saturated rings. The van der Waals surface area contributed by atoms with Gasteiger partial charge in [0.25, 0.3) is 5.91 Å². The minimum absolute atomic E-state index is 0.000614. The maximum Gasteiger partial charge on any atom is 0.387 e. The summed E-state index contributed by atoms with van der Waals surface area (Å²) in [6.07, 6.45) is 2.91. The molecule has 0 aliphatic carbocycles. The lowest BCUT2D eigenvalue weighted by Crippen LogP contribution is -2.22. The molecule has 30 heavy (non-hydrogen) atoms. The first kappa shape index (κ1) is 21.8. The summed E-state index contributed by atoms with van der Waals surface area (Å²) in [7, 11) is 0. The minimum atomic E-state index is -2.92. The van der Waals surface area contributed by atoms with Crippen molar-refractivity contribution in [3.05, 3.63) is 64.6 Å². The second-order valence-electron chi connectivity index (χ2n) is 5.63. The zero-order chi connectivity index (χ0) is 21.7. The minimum Gasteiger partial charge on any atom is -0.435 e. The molecule has 1 aliphatic rings. The number of ether oxygens (including phenoxy) is 2. The van der Waals surface area contributed by atoms with Gasteiger partial charge >= 0.3 is 13.2 Å². The standard InChI is InChI=1S/C19H12F4N2O3S2/c20-17(21)27-13-5-1-11(2-6-13)9-15-16(26)25(19(29)30-15)24-10-12-3-7-14(8-4-12)28-18(22)23/h1-10,17-18H. The summed E-state index contributed by atoms with van der Waals surface area (Å²) in [6, 6.07) is 11.5. The number of thioether (sulfide) groups is 1. The molecule has 1 amide bonds. The quantitative estimate of drug-likeness (QED) is 0.250. The van der Waals surface area contributed by atoms with Crippen molar-refractivity contribution in [3.8, 4) is 11.5 Å². The largest absolute Gasteiger partial charge is 0.435 e. The van der Waals surface area contributed by atoms with Crippen LogP contribution in [0.3, 0.4) is 0 Å². The molecular formula is C19H12F4N2O3S2. The summed E-state index contributed by atoms with van der Waals surface area (Å²) in [6.45, 7) is -5.84. The van der Waals surface area contributed by atoms with Gasteiger partial charge < -0.3 is 9.47 Å². The smallest absolute Gasteiger partial charge is 0.387 e. The van der Waals surface area contributed by atoms with Crippen molar-refractivity contribution in [3.63, 3.8) is 0 Å². The molecule has 5 nitrogen and oxygen atoms in total. The number of carbonyl (C=O) groups excluding carboxylic acids is 1. The van der Waals surface area contributed by atoms with E-state index >= 15 is 0 Å². The number of benzene rings is 2. The van der Waals surface area contributed by atoms with Gasteiger partial charge in [0, 0.05) is 0 Å². The molecule has 0 saturated carbocycles. The van der Waals surface area contributed by atoms with Crippen LogP contribution in [0.25, 0.3) is 6.08 Å². The monoisotopic (exact) mass is 456 g/mol. The van der Waals surface area contributed by atoms with Gasteiger partial charge in [0.1, 0.15) is 11.5 Å². The highest BCUT2D eigenvalue weighted by Crippen LogP contribution is 2.33. The highest BCUT2D eigenvalue weighted by Gasteiger charge is 2.32. The van der Waals surface area contributed by atoms with E-state index in [4.69, 9.17) is 12.2 Å². The van der Waals surface area contributed by atoms with Crippen LogP contribution < -0.4 is 9.47 Å². The first-order valence-corrected chi connectivity index (χ1v) is 9.46. The fourth-order valence-corrected chi connectivity index (χ4v) is 3.49. The number of alkyl halides is 4. The van der Waals surface area contributed by atoms with E-state index in [-0.39, 0.29) is 15.8 Å². The Morgan fingerprint density at radius 1 is 0.900 bits per heavy atom. The number of nitrogens with zero attached hydrogens (tertiary/aromatic N) is 2. The van der Waals surface area contributed by atoms with E-state index in [1.165, 1.54) is 54.7 Å². The second-order valence-corrected chi connectivity index (χ2v) is 7.31. The number of halogens is 4. The second kappa shape index (κ2) is 9.72. The van der Waals surface area contributed by atoms with Crippen LogP contribution in [0.15, 0.2) is 58.5 Å². The third-order valence-electron chi connectivity index (χ3n) is 3.60. The summed E-state index contributed by atoms with van der Waals surface area (Å²) in [5, 5.41) is 5.08. The van der Waals surface area contributed by atoms with Gasteiger partial charge in [0.2, 0.25) is 0 Å². The Morgan fingerprint density at radius 2 is 1.40 bits per heavy atom. The van der Waals surface area contributed by atoms with Gasteiger partial charge in [-0.2, -0.15) is 27.7 Å². The summed E-state index contributed by atoms with van der Waals surface area (Å²) in [5.74, 6) is -0.447. The molecule has 0 unspecified atom stereocenters. The maximum absolute atomic E-state index is 12.5. The number of hydrogen-bond donors (Lipinski definition) is 0. The van der Waals surface area contributed by atoms with Crippen LogP contribution in [0.1, 0.15) is 11.1 Å². The van der Waals surface area contributed by atoms with Gasteiger partial charge in [-0.25, -0.2) is 0 Å². The maximum atomic E-state index is 12.5. The van der Waals surface area contributed by atoms with Gasteiger partial charge in [0.15, 0.2) is 4.32 Å². The molecule has 0 atom stereocenters. The zero-order valence-corrected chi connectivity index (χ0v) is 16.5. The highest BCUT2D eigenvalue weighted by molar-refractivity contribution is 8.26. The number of rotatable bonds is 7. The molecule has 0 bridgehead atoms. The van der Waals surface area contributed by atoms with Gasteiger partial charge in [-0.05, 0) is 65.8 Å². The lowest BCUT2D eigenvalue weighted by atomic mass is 10.2. The molecule has 3 rings (SSSR count). The topological polar surface area (TPSA) is 51.1 Å². The summed E-state index contributed by atoms with van der Waals surface area (Å²) in [4.78, 5) is 12.8. The van der Waals surface area contributed by atoms with Crippen LogP contribution in [0.4, 0.5) is 17.6 Å².